The Kier molecular flexibility index (Phi) is 7.36. The maximum Gasteiger partial charge on any atom is 0.253 e. The van der Waals surface area contributed by atoms with Crippen LogP contribution in [0.4, 0.5) is 0 Å². The standard InChI is InChI=1S/C25H28N4O3S/c1-18(30)26-15-19-3-5-21(6-4-19)25(31)29-13-11-28(12-14-29)16-22-17-33-24(27-22)20-7-9-23(32-2)10-8-20/h3-10,17H,11-16H2,1-2H3,(H,26,30). The first-order chi connectivity index (χ1) is 16.0. The molecule has 1 saturated heterocycles. The average Bonchev–Trinajstić information content (AvgIpc) is 3.31. The summed E-state index contributed by atoms with van der Waals surface area (Å²) in [4.78, 5) is 33.0. The Morgan fingerprint density at radius 3 is 2.36 bits per heavy atom. The smallest absolute Gasteiger partial charge is 0.253 e. The van der Waals surface area contributed by atoms with Crippen LogP contribution in [0, 0.1) is 0 Å². The highest BCUT2D eigenvalue weighted by atomic mass is 32.1. The average molecular weight is 465 g/mol. The van der Waals surface area contributed by atoms with Gasteiger partial charge in [0.1, 0.15) is 10.8 Å². The van der Waals surface area contributed by atoms with Crippen molar-refractivity contribution in [3.05, 3.63) is 70.7 Å². The van der Waals surface area contributed by atoms with E-state index >= 15 is 0 Å². The fourth-order valence-electron chi connectivity index (χ4n) is 3.76. The number of carbonyl (C=O) groups excluding carboxylic acids is 2. The van der Waals surface area contributed by atoms with Crippen molar-refractivity contribution in [1.29, 1.82) is 0 Å². The number of carbonyl (C=O) groups is 2. The maximum absolute atomic E-state index is 12.9. The molecule has 1 aliphatic heterocycles. The molecule has 33 heavy (non-hydrogen) atoms. The van der Waals surface area contributed by atoms with E-state index in [-0.39, 0.29) is 11.8 Å². The van der Waals surface area contributed by atoms with E-state index < -0.39 is 0 Å². The summed E-state index contributed by atoms with van der Waals surface area (Å²) in [6.07, 6.45) is 0. The van der Waals surface area contributed by atoms with Crippen molar-refractivity contribution in [2.24, 2.45) is 0 Å². The summed E-state index contributed by atoms with van der Waals surface area (Å²) in [5.74, 6) is 0.822. The number of rotatable bonds is 7. The maximum atomic E-state index is 12.9. The van der Waals surface area contributed by atoms with Gasteiger partial charge in [-0.15, -0.1) is 11.3 Å². The number of methoxy groups -OCH3 is 1. The Morgan fingerprint density at radius 2 is 1.73 bits per heavy atom. The SMILES string of the molecule is COc1ccc(-c2nc(CN3CCN(C(=O)c4ccc(CNC(C)=O)cc4)CC3)cs2)cc1. The minimum atomic E-state index is -0.0670. The molecule has 1 N–H and O–H groups in total. The first kappa shape index (κ1) is 22.9. The third-order valence-electron chi connectivity index (χ3n) is 5.68. The molecule has 2 heterocycles. The van der Waals surface area contributed by atoms with Gasteiger partial charge in [0.05, 0.1) is 12.8 Å². The zero-order valence-corrected chi connectivity index (χ0v) is 19.7. The van der Waals surface area contributed by atoms with Crippen LogP contribution in [0.2, 0.25) is 0 Å². The summed E-state index contributed by atoms with van der Waals surface area (Å²) in [5, 5.41) is 5.88. The van der Waals surface area contributed by atoms with Crippen molar-refractivity contribution in [3.8, 4) is 16.3 Å². The summed E-state index contributed by atoms with van der Waals surface area (Å²) in [6.45, 7) is 5.78. The number of nitrogens with one attached hydrogen (secondary N) is 1. The zero-order valence-electron chi connectivity index (χ0n) is 18.9. The predicted octanol–water partition coefficient (Wildman–Crippen LogP) is 3.41. The lowest BCUT2D eigenvalue weighted by Crippen LogP contribution is -2.48. The molecule has 0 spiro atoms. The molecule has 172 valence electrons. The fraction of sp³-hybridized carbons (Fsp3) is 0.320. The van der Waals surface area contributed by atoms with Crippen LogP contribution in [0.5, 0.6) is 5.75 Å². The number of piperazine rings is 1. The van der Waals surface area contributed by atoms with Crippen molar-refractivity contribution in [1.82, 2.24) is 20.1 Å². The topological polar surface area (TPSA) is 74.8 Å². The fourth-order valence-corrected chi connectivity index (χ4v) is 4.58. The Morgan fingerprint density at radius 1 is 1.03 bits per heavy atom. The van der Waals surface area contributed by atoms with Gasteiger partial charge in [0.25, 0.3) is 5.91 Å². The van der Waals surface area contributed by atoms with Gasteiger partial charge in [0.2, 0.25) is 5.91 Å². The van der Waals surface area contributed by atoms with Gasteiger partial charge < -0.3 is 15.0 Å². The molecule has 2 amide bonds. The lowest BCUT2D eigenvalue weighted by molar-refractivity contribution is -0.119. The predicted molar refractivity (Wildman–Crippen MR) is 129 cm³/mol. The second-order valence-electron chi connectivity index (χ2n) is 8.05. The van der Waals surface area contributed by atoms with Crippen molar-refractivity contribution < 1.29 is 14.3 Å². The van der Waals surface area contributed by atoms with Crippen molar-refractivity contribution in [2.45, 2.75) is 20.0 Å². The largest absolute Gasteiger partial charge is 0.497 e. The van der Waals surface area contributed by atoms with Gasteiger partial charge in [-0.2, -0.15) is 0 Å². The summed E-state index contributed by atoms with van der Waals surface area (Å²) in [6, 6.07) is 15.4. The van der Waals surface area contributed by atoms with Crippen molar-refractivity contribution >= 4 is 23.2 Å². The highest BCUT2D eigenvalue weighted by Gasteiger charge is 2.22. The quantitative estimate of drug-likeness (QED) is 0.580. The Labute approximate surface area is 198 Å². The molecule has 0 radical (unpaired) electrons. The van der Waals surface area contributed by atoms with Gasteiger partial charge in [0.15, 0.2) is 0 Å². The first-order valence-corrected chi connectivity index (χ1v) is 11.8. The van der Waals surface area contributed by atoms with Crippen LogP contribution in [0.1, 0.15) is 28.5 Å². The van der Waals surface area contributed by atoms with E-state index in [4.69, 9.17) is 9.72 Å². The Balaban J connectivity index is 1.28. The first-order valence-electron chi connectivity index (χ1n) is 11.0. The van der Waals surface area contributed by atoms with Gasteiger partial charge in [-0.1, -0.05) is 12.1 Å². The summed E-state index contributed by atoms with van der Waals surface area (Å²) in [5.41, 5.74) is 3.80. The number of aromatic nitrogens is 1. The van der Waals surface area contributed by atoms with Crippen molar-refractivity contribution in [2.75, 3.05) is 33.3 Å². The molecule has 2 aromatic carbocycles. The van der Waals surface area contributed by atoms with Crippen LogP contribution in [-0.2, 0) is 17.9 Å². The molecular weight excluding hydrogens is 436 g/mol. The van der Waals surface area contributed by atoms with E-state index in [0.717, 1.165) is 47.2 Å². The van der Waals surface area contributed by atoms with E-state index in [1.807, 2.05) is 53.4 Å². The molecule has 0 unspecified atom stereocenters. The van der Waals surface area contributed by atoms with E-state index in [1.54, 1.807) is 18.4 Å². The lowest BCUT2D eigenvalue weighted by Gasteiger charge is -2.34. The molecule has 0 aliphatic carbocycles. The summed E-state index contributed by atoms with van der Waals surface area (Å²) < 4.78 is 5.22. The number of amides is 2. The Bertz CT molecular complexity index is 1090. The van der Waals surface area contributed by atoms with E-state index in [2.05, 4.69) is 15.6 Å². The number of benzene rings is 2. The molecule has 0 bridgehead atoms. The van der Waals surface area contributed by atoms with Crippen LogP contribution in [0.25, 0.3) is 10.6 Å². The van der Waals surface area contributed by atoms with E-state index in [9.17, 15) is 9.59 Å². The minimum absolute atomic E-state index is 0.0520. The number of thiazole rings is 1. The monoisotopic (exact) mass is 464 g/mol. The highest BCUT2D eigenvalue weighted by Crippen LogP contribution is 2.26. The highest BCUT2D eigenvalue weighted by molar-refractivity contribution is 7.13. The molecule has 0 saturated carbocycles. The molecular formula is C25H28N4O3S. The number of nitrogens with zero attached hydrogens (tertiary/aromatic N) is 3. The van der Waals surface area contributed by atoms with Gasteiger partial charge >= 0.3 is 0 Å². The lowest BCUT2D eigenvalue weighted by atomic mass is 10.1. The minimum Gasteiger partial charge on any atom is -0.497 e. The van der Waals surface area contributed by atoms with E-state index in [1.165, 1.54) is 6.92 Å². The third-order valence-corrected chi connectivity index (χ3v) is 6.62. The van der Waals surface area contributed by atoms with Crippen LogP contribution in [0.15, 0.2) is 53.9 Å². The Hall–Kier alpha value is -3.23. The molecule has 8 heteroatoms. The van der Waals surface area contributed by atoms with Crippen LogP contribution >= 0.6 is 11.3 Å². The van der Waals surface area contributed by atoms with Gasteiger partial charge in [-0.25, -0.2) is 4.98 Å². The second-order valence-corrected chi connectivity index (χ2v) is 8.91. The summed E-state index contributed by atoms with van der Waals surface area (Å²) >= 11 is 1.65. The van der Waals surface area contributed by atoms with Crippen LogP contribution in [0.3, 0.4) is 0 Å². The number of ether oxygens (including phenoxy) is 1. The second kappa shape index (κ2) is 10.6. The number of hydrogen-bond acceptors (Lipinski definition) is 6. The third kappa shape index (κ3) is 5.97. The van der Waals surface area contributed by atoms with Gasteiger partial charge in [-0.05, 0) is 42.0 Å². The van der Waals surface area contributed by atoms with Crippen LogP contribution in [-0.4, -0.2) is 59.9 Å². The normalized spacial score (nSPS) is 14.2. The molecule has 0 atom stereocenters. The van der Waals surface area contributed by atoms with Gasteiger partial charge in [0, 0.05) is 62.7 Å². The molecule has 3 aromatic rings. The molecule has 4 rings (SSSR count). The van der Waals surface area contributed by atoms with Crippen LogP contribution < -0.4 is 10.1 Å². The van der Waals surface area contributed by atoms with E-state index in [0.29, 0.717) is 25.2 Å². The number of hydrogen-bond donors (Lipinski definition) is 1. The molecule has 7 nitrogen and oxygen atoms in total. The molecule has 1 aromatic heterocycles. The zero-order chi connectivity index (χ0) is 23.2. The van der Waals surface area contributed by atoms with Gasteiger partial charge in [-0.3, -0.25) is 14.5 Å². The molecule has 1 aliphatic rings. The molecule has 1 fully saturated rings. The van der Waals surface area contributed by atoms with Crippen molar-refractivity contribution in [3.63, 3.8) is 0 Å². The summed E-state index contributed by atoms with van der Waals surface area (Å²) in [7, 11) is 1.66.